The number of rotatable bonds is 2. The molecule has 0 spiro atoms. The maximum atomic E-state index is 8.19. The molecule has 0 aliphatic rings. The highest BCUT2D eigenvalue weighted by molar-refractivity contribution is 5.34. The molecule has 0 bridgehead atoms. The second-order valence-corrected chi connectivity index (χ2v) is 1.89. The van der Waals surface area contributed by atoms with Gasteiger partial charge in [-0.05, 0) is 12.1 Å². The fraction of sp³-hybridized carbons (Fsp3) is 0. The minimum absolute atomic E-state index is 0.408. The van der Waals surface area contributed by atoms with Crippen LogP contribution in [0.4, 0.5) is 0 Å². The molecule has 0 aliphatic carbocycles. The lowest BCUT2D eigenvalue weighted by Gasteiger charge is -1.98. The zero-order chi connectivity index (χ0) is 8.81. The van der Waals surface area contributed by atoms with E-state index in [0.29, 0.717) is 11.5 Å². The first-order chi connectivity index (χ1) is 5.86. The highest BCUT2D eigenvalue weighted by Crippen LogP contribution is 2.18. The highest BCUT2D eigenvalue weighted by Gasteiger charge is 1.95. The van der Waals surface area contributed by atoms with Gasteiger partial charge in [-0.25, -0.2) is 0 Å². The van der Waals surface area contributed by atoms with Crippen LogP contribution in [-0.2, 0) is 0 Å². The van der Waals surface area contributed by atoms with Crippen molar-refractivity contribution in [3.05, 3.63) is 24.3 Å². The lowest BCUT2D eigenvalue weighted by atomic mass is 10.3. The van der Waals surface area contributed by atoms with Crippen LogP contribution in [-0.4, -0.2) is 0 Å². The second-order valence-electron chi connectivity index (χ2n) is 1.89. The fourth-order valence-electron chi connectivity index (χ4n) is 0.722. The first kappa shape index (κ1) is 7.97. The second kappa shape index (κ2) is 3.90. The number of nitriles is 1. The Hall–Kier alpha value is -2.13. The largest absolute Gasteiger partial charge is 0.408 e. The Balaban J connectivity index is 2.84. The van der Waals surface area contributed by atoms with Crippen molar-refractivity contribution in [2.24, 2.45) is 0 Å². The van der Waals surface area contributed by atoms with Gasteiger partial charge >= 0.3 is 0 Å². The van der Waals surface area contributed by atoms with Gasteiger partial charge in [0.15, 0.2) is 0 Å². The van der Waals surface area contributed by atoms with Crippen LogP contribution in [0.2, 0.25) is 0 Å². The van der Waals surface area contributed by atoms with E-state index >= 15 is 0 Å². The molecule has 12 heavy (non-hydrogen) atoms. The van der Waals surface area contributed by atoms with Crippen molar-refractivity contribution in [3.63, 3.8) is 0 Å². The van der Waals surface area contributed by atoms with Gasteiger partial charge in [-0.15, -0.1) is 5.26 Å². The lowest BCUT2D eigenvalue weighted by molar-refractivity contribution is 0.489. The fourth-order valence-corrected chi connectivity index (χ4v) is 0.722. The smallest absolute Gasteiger partial charge is 0.292 e. The van der Waals surface area contributed by atoms with Gasteiger partial charge in [-0.1, -0.05) is 12.5 Å². The average molecular weight is 159 g/mol. The number of ether oxygens (including phenoxy) is 2. The minimum atomic E-state index is 0.408. The molecule has 0 fully saturated rings. The summed E-state index contributed by atoms with van der Waals surface area (Å²) in [6.07, 6.45) is 8.47. The molecule has 1 rings (SSSR count). The van der Waals surface area contributed by atoms with Gasteiger partial charge in [0.2, 0.25) is 0 Å². The molecule has 0 atom stereocenters. The predicted molar refractivity (Wildman–Crippen MR) is 42.1 cm³/mol. The number of terminal acetylenes is 1. The Morgan fingerprint density at radius 2 is 1.92 bits per heavy atom. The average Bonchev–Trinajstić information content (AvgIpc) is 2.06. The topological polar surface area (TPSA) is 42.2 Å². The van der Waals surface area contributed by atoms with E-state index < -0.39 is 0 Å². The van der Waals surface area contributed by atoms with Gasteiger partial charge in [0.25, 0.3) is 6.26 Å². The monoisotopic (exact) mass is 159 g/mol. The molecule has 0 heterocycles. The van der Waals surface area contributed by atoms with Gasteiger partial charge in [-0.2, -0.15) is 0 Å². The minimum Gasteiger partial charge on any atom is -0.408 e. The normalized spacial score (nSPS) is 7.83. The third kappa shape index (κ3) is 1.93. The molecule has 0 aliphatic heterocycles. The van der Waals surface area contributed by atoms with Crippen LogP contribution in [0.5, 0.6) is 11.5 Å². The first-order valence-corrected chi connectivity index (χ1v) is 3.15. The van der Waals surface area contributed by atoms with Crippen LogP contribution in [0.15, 0.2) is 24.3 Å². The molecule has 0 saturated heterocycles. The van der Waals surface area contributed by atoms with Gasteiger partial charge in [0.05, 0.1) is 0 Å². The van der Waals surface area contributed by atoms with Crippen molar-refractivity contribution in [2.45, 2.75) is 0 Å². The molecule has 0 saturated carbocycles. The molecule has 0 radical (unpaired) electrons. The summed E-state index contributed by atoms with van der Waals surface area (Å²) in [5.41, 5.74) is 0. The summed E-state index contributed by atoms with van der Waals surface area (Å²) >= 11 is 0. The number of benzene rings is 1. The van der Waals surface area contributed by atoms with Crippen molar-refractivity contribution < 1.29 is 9.47 Å². The molecule has 0 aromatic heterocycles. The zero-order valence-electron chi connectivity index (χ0n) is 6.15. The van der Waals surface area contributed by atoms with Crippen molar-refractivity contribution in [2.75, 3.05) is 0 Å². The molecular weight excluding hydrogens is 154 g/mol. The van der Waals surface area contributed by atoms with Crippen LogP contribution in [0.25, 0.3) is 0 Å². The van der Waals surface area contributed by atoms with E-state index in [1.807, 2.05) is 6.11 Å². The molecule has 0 amide bonds. The quantitative estimate of drug-likeness (QED) is 0.485. The SMILES string of the molecule is C#COc1cccc(OC#N)c1. The summed E-state index contributed by atoms with van der Waals surface area (Å²) in [4.78, 5) is 0. The number of hydrogen-bond donors (Lipinski definition) is 0. The molecule has 1 aromatic carbocycles. The summed E-state index contributed by atoms with van der Waals surface area (Å²) < 4.78 is 9.28. The Labute approximate surface area is 70.1 Å². The van der Waals surface area contributed by atoms with E-state index in [4.69, 9.17) is 16.4 Å². The van der Waals surface area contributed by atoms with E-state index in [9.17, 15) is 0 Å². The Bertz CT molecular complexity index is 315. The predicted octanol–water partition coefficient (Wildman–Crippen LogP) is 1.52. The standard InChI is InChI=1S/C9H5NO2/c1-2-11-8-4-3-5-9(6-8)12-7-10/h1,3-6H. The maximum Gasteiger partial charge on any atom is 0.292 e. The summed E-state index contributed by atoms with van der Waals surface area (Å²) in [6.45, 7) is 0. The van der Waals surface area contributed by atoms with Crippen LogP contribution in [0.3, 0.4) is 0 Å². The van der Waals surface area contributed by atoms with Gasteiger partial charge < -0.3 is 9.47 Å². The third-order valence-electron chi connectivity index (χ3n) is 1.15. The first-order valence-electron chi connectivity index (χ1n) is 3.15. The Morgan fingerprint density at radius 3 is 2.50 bits per heavy atom. The maximum absolute atomic E-state index is 8.19. The summed E-state index contributed by atoms with van der Waals surface area (Å²) in [7, 11) is 0. The molecule has 0 unspecified atom stereocenters. The van der Waals surface area contributed by atoms with E-state index in [-0.39, 0.29) is 0 Å². The van der Waals surface area contributed by atoms with Crippen LogP contribution < -0.4 is 9.47 Å². The molecule has 58 valence electrons. The Kier molecular flexibility index (Phi) is 2.59. The molecule has 0 N–H and O–H groups in total. The van der Waals surface area contributed by atoms with Gasteiger partial charge in [-0.3, -0.25) is 0 Å². The van der Waals surface area contributed by atoms with Crippen molar-refractivity contribution in [3.8, 4) is 30.3 Å². The van der Waals surface area contributed by atoms with Gasteiger partial charge in [0.1, 0.15) is 17.6 Å². The van der Waals surface area contributed by atoms with Crippen LogP contribution >= 0.6 is 0 Å². The van der Waals surface area contributed by atoms with Crippen LogP contribution in [0, 0.1) is 24.0 Å². The van der Waals surface area contributed by atoms with Crippen molar-refractivity contribution in [1.82, 2.24) is 0 Å². The molecule has 1 aromatic rings. The zero-order valence-corrected chi connectivity index (χ0v) is 6.15. The Morgan fingerprint density at radius 1 is 1.25 bits per heavy atom. The summed E-state index contributed by atoms with van der Waals surface area (Å²) in [5.74, 6) is 0.885. The lowest BCUT2D eigenvalue weighted by Crippen LogP contribution is -1.84. The van der Waals surface area contributed by atoms with E-state index in [1.54, 1.807) is 24.5 Å². The van der Waals surface area contributed by atoms with Crippen molar-refractivity contribution >= 4 is 0 Å². The number of hydrogen-bond acceptors (Lipinski definition) is 3. The summed E-state index contributed by atoms with van der Waals surface area (Å²) in [5, 5.41) is 8.19. The van der Waals surface area contributed by atoms with E-state index in [0.717, 1.165) is 0 Å². The van der Waals surface area contributed by atoms with E-state index in [2.05, 4.69) is 4.74 Å². The van der Waals surface area contributed by atoms with Gasteiger partial charge in [0, 0.05) is 6.07 Å². The third-order valence-corrected chi connectivity index (χ3v) is 1.15. The van der Waals surface area contributed by atoms with Crippen LogP contribution in [0.1, 0.15) is 0 Å². The molecular formula is C9H5NO2. The van der Waals surface area contributed by atoms with Crippen molar-refractivity contribution in [1.29, 1.82) is 5.26 Å². The molecule has 3 nitrogen and oxygen atoms in total. The number of nitrogens with zero attached hydrogens (tertiary/aromatic N) is 1. The molecule has 3 heteroatoms. The van der Waals surface area contributed by atoms with E-state index in [1.165, 1.54) is 6.07 Å². The summed E-state index contributed by atoms with van der Waals surface area (Å²) in [6, 6.07) is 6.51. The highest BCUT2D eigenvalue weighted by atomic mass is 16.5.